The van der Waals surface area contributed by atoms with Crippen LogP contribution < -0.4 is 15.4 Å². The summed E-state index contributed by atoms with van der Waals surface area (Å²) >= 11 is 1.30. The summed E-state index contributed by atoms with van der Waals surface area (Å²) in [6.07, 6.45) is 3.25. The number of rotatable bonds is 6. The second-order valence-electron chi connectivity index (χ2n) is 5.60. The quantitative estimate of drug-likeness (QED) is 0.496. The van der Waals surface area contributed by atoms with Crippen LogP contribution in [0.1, 0.15) is 10.5 Å². The number of benzene rings is 2. The van der Waals surface area contributed by atoms with E-state index in [0.29, 0.717) is 28.3 Å². The summed E-state index contributed by atoms with van der Waals surface area (Å²) in [4.78, 5) is 25.0. The first kappa shape index (κ1) is 17.6. The van der Waals surface area contributed by atoms with Crippen LogP contribution in [0.3, 0.4) is 0 Å². The number of para-hydroxylation sites is 3. The van der Waals surface area contributed by atoms with Gasteiger partial charge in [-0.15, -0.1) is 11.3 Å². The normalized spacial score (nSPS) is 10.3. The number of hydrogen-bond donors (Lipinski definition) is 2. The molecule has 0 atom stereocenters. The summed E-state index contributed by atoms with van der Waals surface area (Å²) < 4.78 is 5.87. The molecule has 0 unspecified atom stereocenters. The molecule has 4 aromatic rings. The van der Waals surface area contributed by atoms with Gasteiger partial charge in [-0.2, -0.15) is 0 Å². The molecular weight excluding hydrogens is 374 g/mol. The summed E-state index contributed by atoms with van der Waals surface area (Å²) in [5.74, 6) is 1.33. The highest BCUT2D eigenvalue weighted by Gasteiger charge is 2.14. The highest BCUT2D eigenvalue weighted by atomic mass is 32.1. The minimum Gasteiger partial charge on any atom is -0.455 e. The van der Waals surface area contributed by atoms with Crippen molar-refractivity contribution in [2.75, 3.05) is 10.6 Å². The Kier molecular flexibility index (Phi) is 5.21. The largest absolute Gasteiger partial charge is 0.455 e. The molecule has 0 bridgehead atoms. The number of carbonyl (C=O) groups is 1. The lowest BCUT2D eigenvalue weighted by atomic mass is 10.2. The van der Waals surface area contributed by atoms with Gasteiger partial charge in [0.1, 0.15) is 11.4 Å². The molecule has 2 N–H and O–H groups in total. The molecule has 2 aromatic heterocycles. The Balaban J connectivity index is 1.47. The second kappa shape index (κ2) is 8.28. The van der Waals surface area contributed by atoms with Gasteiger partial charge in [-0.05, 0) is 30.3 Å². The molecule has 2 aromatic carbocycles. The van der Waals surface area contributed by atoms with Crippen molar-refractivity contribution < 1.29 is 9.53 Å². The van der Waals surface area contributed by atoms with E-state index in [0.717, 1.165) is 0 Å². The van der Waals surface area contributed by atoms with E-state index < -0.39 is 0 Å². The fraction of sp³-hybridized carbons (Fsp3) is 0. The highest BCUT2D eigenvalue weighted by molar-refractivity contribution is 7.14. The summed E-state index contributed by atoms with van der Waals surface area (Å²) in [6.45, 7) is 0. The van der Waals surface area contributed by atoms with E-state index in [4.69, 9.17) is 4.74 Å². The maximum atomic E-state index is 12.6. The van der Waals surface area contributed by atoms with Gasteiger partial charge in [-0.1, -0.05) is 30.3 Å². The molecule has 138 valence electrons. The minimum atomic E-state index is -0.331. The standard InChI is InChI=1S/C20H15N5O2S/c26-18(16-13-28-20(24-16)25-19-21-11-6-12-22-19)23-15-9-4-5-10-17(15)27-14-7-2-1-3-8-14/h1-13H,(H,23,26)(H,21,22,24,25). The zero-order chi connectivity index (χ0) is 19.2. The number of nitrogens with one attached hydrogen (secondary N) is 2. The van der Waals surface area contributed by atoms with Crippen LogP contribution in [0.15, 0.2) is 78.4 Å². The van der Waals surface area contributed by atoms with Crippen LogP contribution in [0.2, 0.25) is 0 Å². The molecule has 0 aliphatic rings. The Morgan fingerprint density at radius 3 is 2.50 bits per heavy atom. The number of carbonyl (C=O) groups excluding carboxylic acids is 1. The van der Waals surface area contributed by atoms with Gasteiger partial charge in [0.15, 0.2) is 10.9 Å². The fourth-order valence-corrected chi connectivity index (χ4v) is 3.04. The van der Waals surface area contributed by atoms with Crippen LogP contribution in [-0.4, -0.2) is 20.9 Å². The van der Waals surface area contributed by atoms with Crippen molar-refractivity contribution in [1.29, 1.82) is 0 Å². The predicted octanol–water partition coefficient (Wildman–Crippen LogP) is 4.72. The van der Waals surface area contributed by atoms with E-state index in [9.17, 15) is 4.79 Å². The maximum absolute atomic E-state index is 12.6. The Labute approximate surface area is 165 Å². The van der Waals surface area contributed by atoms with Gasteiger partial charge < -0.3 is 15.4 Å². The van der Waals surface area contributed by atoms with E-state index in [1.54, 1.807) is 36.0 Å². The Morgan fingerprint density at radius 1 is 0.929 bits per heavy atom. The zero-order valence-corrected chi connectivity index (χ0v) is 15.4. The average molecular weight is 389 g/mol. The van der Waals surface area contributed by atoms with E-state index in [1.807, 2.05) is 42.5 Å². The third kappa shape index (κ3) is 4.30. The van der Waals surface area contributed by atoms with E-state index in [1.165, 1.54) is 11.3 Å². The van der Waals surface area contributed by atoms with Gasteiger partial charge in [0, 0.05) is 17.8 Å². The third-order valence-corrected chi connectivity index (χ3v) is 4.39. The van der Waals surface area contributed by atoms with Gasteiger partial charge >= 0.3 is 0 Å². The maximum Gasteiger partial charge on any atom is 0.275 e. The van der Waals surface area contributed by atoms with Gasteiger partial charge in [0.05, 0.1) is 5.69 Å². The molecule has 0 spiro atoms. The van der Waals surface area contributed by atoms with E-state index in [-0.39, 0.29) is 11.6 Å². The van der Waals surface area contributed by atoms with Crippen molar-refractivity contribution in [3.63, 3.8) is 0 Å². The number of nitrogens with zero attached hydrogens (tertiary/aromatic N) is 3. The van der Waals surface area contributed by atoms with Gasteiger partial charge in [0.2, 0.25) is 5.95 Å². The first-order valence-corrected chi connectivity index (χ1v) is 9.29. The molecule has 0 aliphatic carbocycles. The lowest BCUT2D eigenvalue weighted by Gasteiger charge is -2.11. The SMILES string of the molecule is O=C(Nc1ccccc1Oc1ccccc1)c1csc(Nc2ncccn2)n1. The molecule has 2 heterocycles. The monoisotopic (exact) mass is 389 g/mol. The first-order chi connectivity index (χ1) is 13.8. The topological polar surface area (TPSA) is 89.0 Å². The lowest BCUT2D eigenvalue weighted by molar-refractivity contribution is 0.102. The van der Waals surface area contributed by atoms with Crippen molar-refractivity contribution in [3.8, 4) is 11.5 Å². The molecule has 28 heavy (non-hydrogen) atoms. The zero-order valence-electron chi connectivity index (χ0n) is 14.6. The molecular formula is C20H15N5O2S. The second-order valence-corrected chi connectivity index (χ2v) is 6.46. The summed E-state index contributed by atoms with van der Waals surface area (Å²) in [5.41, 5.74) is 0.850. The van der Waals surface area contributed by atoms with Crippen LogP contribution in [0.4, 0.5) is 16.8 Å². The van der Waals surface area contributed by atoms with Gasteiger partial charge in [-0.3, -0.25) is 4.79 Å². The van der Waals surface area contributed by atoms with Gasteiger partial charge in [-0.25, -0.2) is 15.0 Å². The Hall–Kier alpha value is -3.78. The lowest BCUT2D eigenvalue weighted by Crippen LogP contribution is -2.13. The summed E-state index contributed by atoms with van der Waals surface area (Å²) in [7, 11) is 0. The van der Waals surface area contributed by atoms with Crippen LogP contribution in [0, 0.1) is 0 Å². The average Bonchev–Trinajstić information content (AvgIpc) is 3.20. The highest BCUT2D eigenvalue weighted by Crippen LogP contribution is 2.29. The molecule has 1 amide bonds. The van der Waals surface area contributed by atoms with Gasteiger partial charge in [0.25, 0.3) is 5.91 Å². The summed E-state index contributed by atoms with van der Waals surface area (Å²) in [6, 6.07) is 18.4. The van der Waals surface area contributed by atoms with Crippen molar-refractivity contribution in [2.45, 2.75) is 0 Å². The number of hydrogen-bond acceptors (Lipinski definition) is 7. The van der Waals surface area contributed by atoms with Crippen molar-refractivity contribution in [3.05, 3.63) is 84.1 Å². The molecule has 4 rings (SSSR count). The van der Waals surface area contributed by atoms with Crippen molar-refractivity contribution in [2.24, 2.45) is 0 Å². The number of amides is 1. The van der Waals surface area contributed by atoms with Crippen LogP contribution >= 0.6 is 11.3 Å². The molecule has 0 radical (unpaired) electrons. The van der Waals surface area contributed by atoms with Crippen molar-refractivity contribution in [1.82, 2.24) is 15.0 Å². The molecule has 0 aliphatic heterocycles. The fourth-order valence-electron chi connectivity index (χ4n) is 2.36. The number of aromatic nitrogens is 3. The predicted molar refractivity (Wildman–Crippen MR) is 108 cm³/mol. The van der Waals surface area contributed by atoms with E-state index in [2.05, 4.69) is 25.6 Å². The number of anilines is 3. The van der Waals surface area contributed by atoms with E-state index >= 15 is 0 Å². The Bertz CT molecular complexity index is 1070. The van der Waals surface area contributed by atoms with Crippen LogP contribution in [0.25, 0.3) is 0 Å². The van der Waals surface area contributed by atoms with Crippen molar-refractivity contribution >= 4 is 34.0 Å². The van der Waals surface area contributed by atoms with Crippen LogP contribution in [0.5, 0.6) is 11.5 Å². The Morgan fingerprint density at radius 2 is 1.68 bits per heavy atom. The molecule has 0 fully saturated rings. The minimum absolute atomic E-state index is 0.290. The summed E-state index contributed by atoms with van der Waals surface area (Å²) in [5, 5.41) is 8.01. The molecule has 8 heteroatoms. The molecule has 0 saturated carbocycles. The van der Waals surface area contributed by atoms with Crippen LogP contribution in [-0.2, 0) is 0 Å². The number of thiazole rings is 1. The third-order valence-electron chi connectivity index (χ3n) is 3.63. The molecule has 0 saturated heterocycles. The smallest absolute Gasteiger partial charge is 0.275 e. The molecule has 7 nitrogen and oxygen atoms in total. The number of ether oxygens (including phenoxy) is 1. The first-order valence-electron chi connectivity index (χ1n) is 8.41.